The van der Waals surface area contributed by atoms with Crippen LogP contribution in [0.4, 0.5) is 13.2 Å². The number of carbonyl (C=O) groups excluding carboxylic acids is 4. The molecule has 3 aromatic carbocycles. The topological polar surface area (TPSA) is 241 Å². The van der Waals surface area contributed by atoms with E-state index in [1.165, 1.54) is 50.2 Å². The van der Waals surface area contributed by atoms with Gasteiger partial charge in [-0.2, -0.15) is 10.5 Å². The summed E-state index contributed by atoms with van der Waals surface area (Å²) in [7, 11) is 0. The number of nitrogens with two attached hydrogens (primary N) is 1. The number of phenols is 1. The van der Waals surface area contributed by atoms with Crippen LogP contribution in [0.15, 0.2) is 54.6 Å². The maximum atomic E-state index is 13.6. The minimum absolute atomic E-state index is 0. The summed E-state index contributed by atoms with van der Waals surface area (Å²) in [6, 6.07) is 14.9. The number of nitrogens with zero attached hydrogens (tertiary/aromatic N) is 2. The number of phenolic OH excluding ortho intramolecular Hbond substituents is 1. The molecule has 3 N–H and O–H groups in total. The zero-order valence-corrected chi connectivity index (χ0v) is 50.5. The van der Waals surface area contributed by atoms with Crippen LogP contribution >= 0.6 is 28.3 Å². The van der Waals surface area contributed by atoms with Gasteiger partial charge < -0.3 is 46.1 Å². The second-order valence-electron chi connectivity index (χ2n) is 17.9. The van der Waals surface area contributed by atoms with Gasteiger partial charge >= 0.3 is 121 Å². The number of carbonyl (C=O) groups is 4. The van der Waals surface area contributed by atoms with E-state index in [9.17, 15) is 27.6 Å². The van der Waals surface area contributed by atoms with E-state index in [4.69, 9.17) is 55.1 Å². The van der Waals surface area contributed by atoms with E-state index in [-0.39, 0.29) is 179 Å². The first-order chi connectivity index (χ1) is 29.4. The molecule has 22 heteroatoms. The first kappa shape index (κ1) is 81.7. The molecule has 0 aliphatic carbocycles. The zero-order valence-electron chi connectivity index (χ0n) is 42.8. The average Bonchev–Trinajstić information content (AvgIpc) is 3.13. The van der Waals surface area contributed by atoms with Crippen molar-refractivity contribution < 1.29 is 175 Å². The fraction of sp³-hybridized carbons (Fsp3) is 0.500. The van der Waals surface area contributed by atoms with E-state index in [2.05, 4.69) is 20.8 Å². The number of ether oxygens (including phenoxy) is 5. The molecule has 15 nitrogen and oxygen atoms in total. The minimum Gasteiger partial charge on any atom is -1.00 e. The van der Waals surface area contributed by atoms with E-state index in [1.54, 1.807) is 87.4 Å². The molecule has 0 unspecified atom stereocenters. The molecular formula is C48H70BrClF3K2N3O12. The Bertz CT molecular complexity index is 2150. The molecule has 0 heterocycles. The molecule has 0 radical (unpaired) electrons. The summed E-state index contributed by atoms with van der Waals surface area (Å²) in [5, 5.41) is 34.0. The Hall–Kier alpha value is -2.33. The third-order valence-electron chi connectivity index (χ3n) is 6.83. The van der Waals surface area contributed by atoms with Gasteiger partial charge in [-0.05, 0) is 134 Å². The predicted molar refractivity (Wildman–Crippen MR) is 257 cm³/mol. The van der Waals surface area contributed by atoms with Gasteiger partial charge in [-0.3, -0.25) is 9.59 Å². The van der Waals surface area contributed by atoms with Crippen molar-refractivity contribution in [1.29, 1.82) is 10.5 Å². The zero-order chi connectivity index (χ0) is 51.4. The molecule has 0 fully saturated rings. The van der Waals surface area contributed by atoms with E-state index in [0.29, 0.717) is 5.56 Å². The van der Waals surface area contributed by atoms with E-state index >= 15 is 0 Å². The van der Waals surface area contributed by atoms with Crippen LogP contribution in [0.1, 0.15) is 137 Å². The number of alkyl halides is 1. The van der Waals surface area contributed by atoms with Crippen molar-refractivity contribution in [2.75, 3.05) is 0 Å². The average molecular weight is 1130 g/mol. The summed E-state index contributed by atoms with van der Waals surface area (Å²) in [4.78, 5) is 46.5. The van der Waals surface area contributed by atoms with Crippen LogP contribution in [-0.4, -0.2) is 61.8 Å². The second-order valence-corrected chi connectivity index (χ2v) is 19.9. The largest absolute Gasteiger partial charge is 1.00 e. The van der Waals surface area contributed by atoms with E-state index in [0.717, 1.165) is 12.1 Å². The predicted octanol–water partition coefficient (Wildman–Crippen LogP) is 4.13. The number of nitriles is 2. The molecule has 0 saturated carbocycles. The molecule has 386 valence electrons. The Kier molecular flexibility index (Phi) is 42.7. The van der Waals surface area contributed by atoms with Crippen LogP contribution in [-0.2, 0) is 44.8 Å². The number of hydrogen-bond donors (Lipinski definition) is 2. The molecule has 0 spiro atoms. The summed E-state index contributed by atoms with van der Waals surface area (Å²) in [6.07, 6.45) is 0. The molecule has 3 rings (SSSR count). The van der Waals surface area contributed by atoms with Crippen LogP contribution in [0, 0.1) is 40.1 Å². The smallest absolute Gasteiger partial charge is 1.00 e. The van der Waals surface area contributed by atoms with Gasteiger partial charge in [-0.15, -0.1) is 12.4 Å². The first-order valence-electron chi connectivity index (χ1n) is 19.4. The van der Waals surface area contributed by atoms with Gasteiger partial charge in [0.25, 0.3) is 6.47 Å². The molecule has 0 aliphatic heterocycles. The second kappa shape index (κ2) is 36.6. The maximum absolute atomic E-state index is 13.6. The molecule has 3 aromatic rings. The summed E-state index contributed by atoms with van der Waals surface area (Å²) in [6.45, 7) is 25.8. The van der Waals surface area contributed by atoms with Gasteiger partial charge in [0, 0.05) is 30.3 Å². The maximum Gasteiger partial charge on any atom is 1.00 e. The van der Waals surface area contributed by atoms with E-state index in [1.807, 2.05) is 20.8 Å². The third-order valence-corrected chi connectivity index (χ3v) is 7.15. The Labute approximate surface area is 513 Å². The Morgan fingerprint density at radius 1 is 0.657 bits per heavy atom. The van der Waals surface area contributed by atoms with Crippen LogP contribution in [0.2, 0.25) is 0 Å². The van der Waals surface area contributed by atoms with Crippen molar-refractivity contribution in [2.24, 2.45) is 5.73 Å². The fourth-order valence-corrected chi connectivity index (χ4v) is 3.96. The summed E-state index contributed by atoms with van der Waals surface area (Å²) < 4.78 is 65.6. The number of aromatic hydroxyl groups is 1. The van der Waals surface area contributed by atoms with Crippen molar-refractivity contribution in [3.8, 4) is 29.4 Å². The number of rotatable bonds is 9. The molecular weight excluding hydrogens is 1060 g/mol. The third kappa shape index (κ3) is 36.6. The SMILES string of the molecule is C.C.CC(C)(C)OC(=O)C(C)(C)Br.CC(C)(C)OC(=O)C(C)(C)Oc1ccc(C#N)c(F)c1.CC(C)(C)OC(=O)C(C)(C)Oc1ccc(CN)c(F)c1.Cl.N#Cc1ccc(O)cc1F.O=CO[O-].[H-].[K+].[K+]. The quantitative estimate of drug-likeness (QED) is 0.0583. The first-order valence-corrected chi connectivity index (χ1v) is 20.2. The molecule has 0 bridgehead atoms. The molecule has 0 aromatic heterocycles. The van der Waals surface area contributed by atoms with Crippen LogP contribution in [0.3, 0.4) is 0 Å². The number of hydrogen-bond acceptors (Lipinski definition) is 15. The monoisotopic (exact) mass is 1130 g/mol. The van der Waals surface area contributed by atoms with Crippen molar-refractivity contribution >= 4 is 52.7 Å². The van der Waals surface area contributed by atoms with Gasteiger partial charge in [0.05, 0.1) is 11.1 Å². The van der Waals surface area contributed by atoms with Crippen LogP contribution in [0.25, 0.3) is 0 Å². The van der Waals surface area contributed by atoms with Crippen LogP contribution < -0.4 is 123 Å². The fourth-order valence-electron chi connectivity index (χ4n) is 3.88. The molecule has 0 amide bonds. The van der Waals surface area contributed by atoms with Crippen molar-refractivity contribution in [3.05, 3.63) is 88.7 Å². The molecule has 0 atom stereocenters. The Morgan fingerprint density at radius 2 is 0.971 bits per heavy atom. The van der Waals surface area contributed by atoms with Gasteiger partial charge in [-0.25, -0.2) is 22.8 Å². The number of benzene rings is 3. The molecule has 70 heavy (non-hydrogen) atoms. The minimum atomic E-state index is -1.26. The Balaban J connectivity index is -0.000000122. The number of esters is 3. The normalized spacial score (nSPS) is 10.4. The van der Waals surface area contributed by atoms with Gasteiger partial charge in [0.15, 0.2) is 11.2 Å². The van der Waals surface area contributed by atoms with Crippen molar-refractivity contribution in [2.45, 2.75) is 158 Å². The van der Waals surface area contributed by atoms with Crippen molar-refractivity contribution in [3.63, 3.8) is 0 Å². The van der Waals surface area contributed by atoms with Gasteiger partial charge in [0.1, 0.15) is 68.0 Å². The summed E-state index contributed by atoms with van der Waals surface area (Å²) in [5.74, 6) is -2.87. The molecule has 0 aliphatic rings. The Morgan fingerprint density at radius 3 is 1.23 bits per heavy atom. The summed E-state index contributed by atoms with van der Waals surface area (Å²) >= 11 is 3.22. The standard InChI is InChI=1S/C15H22FNO3.C15H18FNO3.C8H15BrO2.C7H4FNO.CH2O3.2CH4.ClH.2K.H/c2*1-14(2,3)20-13(18)15(4,5)19-11-7-6-10(9-17)12(16)8-11;1-7(2,3)11-6(10)8(4,5)9;8-7-3-6(10)2-1-5(7)4-9;2-1-4-3;;;;;;/h6-8H,9,17H2,1-5H3;6-8H,1-5H3;1-5H3;1-3,10H;1,3H;2*1H4;1H;;;/q;;;;;;;;2*+1;-1/p-1. The summed E-state index contributed by atoms with van der Waals surface area (Å²) in [5.41, 5.74) is 1.56. The van der Waals surface area contributed by atoms with Gasteiger partial charge in [0.2, 0.25) is 0 Å². The van der Waals surface area contributed by atoms with Crippen molar-refractivity contribution in [1.82, 2.24) is 0 Å². The van der Waals surface area contributed by atoms with Gasteiger partial charge in [-0.1, -0.05) is 36.8 Å². The molecule has 0 saturated heterocycles. The number of halogens is 5. The van der Waals surface area contributed by atoms with Crippen LogP contribution in [0.5, 0.6) is 17.2 Å². The van der Waals surface area contributed by atoms with E-state index < -0.39 is 61.7 Å².